The molecule has 0 saturated carbocycles. The predicted octanol–water partition coefficient (Wildman–Crippen LogP) is 3.82. The van der Waals surface area contributed by atoms with Gasteiger partial charge in [-0.2, -0.15) is 0 Å². The Balaban J connectivity index is 1.44. The number of rotatable bonds is 6. The fourth-order valence-corrected chi connectivity index (χ4v) is 3.80. The second-order valence-electron chi connectivity index (χ2n) is 7.40. The molecule has 4 rings (SSSR count). The van der Waals surface area contributed by atoms with E-state index >= 15 is 0 Å². The number of fused-ring (bicyclic) bond motifs is 2. The number of benzene rings is 2. The Labute approximate surface area is 177 Å². The lowest BCUT2D eigenvalue weighted by atomic mass is 10.1. The number of nitrogens with one attached hydrogen (secondary N) is 2. The Morgan fingerprint density at radius 2 is 1.97 bits per heavy atom. The van der Waals surface area contributed by atoms with E-state index in [2.05, 4.69) is 45.7 Å². The van der Waals surface area contributed by atoms with Gasteiger partial charge in [-0.1, -0.05) is 18.2 Å². The Bertz CT molecular complexity index is 1060. The van der Waals surface area contributed by atoms with Crippen LogP contribution in [0.3, 0.4) is 0 Å². The van der Waals surface area contributed by atoms with E-state index in [1.165, 1.54) is 11.1 Å². The van der Waals surface area contributed by atoms with Crippen molar-refractivity contribution in [1.29, 1.82) is 0 Å². The molecule has 0 saturated heterocycles. The number of aromatic nitrogens is 1. The van der Waals surface area contributed by atoms with Crippen molar-refractivity contribution in [3.63, 3.8) is 0 Å². The second kappa shape index (κ2) is 9.03. The van der Waals surface area contributed by atoms with Crippen molar-refractivity contribution < 1.29 is 9.47 Å². The fraction of sp³-hybridized carbons (Fsp3) is 0.333. The van der Waals surface area contributed by atoms with Gasteiger partial charge in [0.05, 0.1) is 12.1 Å². The molecule has 2 aromatic carbocycles. The highest BCUT2D eigenvalue weighted by atomic mass is 16.5. The number of ether oxygens (including phenoxy) is 2. The first-order valence-corrected chi connectivity index (χ1v) is 10.4. The van der Waals surface area contributed by atoms with Crippen molar-refractivity contribution in [2.24, 2.45) is 4.99 Å². The largest absolute Gasteiger partial charge is 0.494 e. The zero-order valence-corrected chi connectivity index (χ0v) is 17.7. The number of pyridine rings is 1. The van der Waals surface area contributed by atoms with Gasteiger partial charge < -0.3 is 20.1 Å². The molecule has 1 unspecified atom stereocenters. The molecule has 0 bridgehead atoms. The fourth-order valence-electron chi connectivity index (χ4n) is 3.80. The first-order chi connectivity index (χ1) is 14.7. The molecule has 2 heterocycles. The van der Waals surface area contributed by atoms with E-state index in [1.54, 1.807) is 7.05 Å². The predicted molar refractivity (Wildman–Crippen MR) is 120 cm³/mol. The first-order valence-electron chi connectivity index (χ1n) is 10.4. The minimum Gasteiger partial charge on any atom is -0.494 e. The molecular weight excluding hydrogens is 376 g/mol. The van der Waals surface area contributed by atoms with Crippen LogP contribution in [0.1, 0.15) is 30.5 Å². The molecular formula is C24H28N4O2. The maximum absolute atomic E-state index is 5.92. The van der Waals surface area contributed by atoms with Crippen LogP contribution in [0.4, 0.5) is 0 Å². The molecule has 3 aromatic rings. The van der Waals surface area contributed by atoms with Gasteiger partial charge in [0.15, 0.2) is 5.96 Å². The molecule has 1 aliphatic rings. The second-order valence-corrected chi connectivity index (χ2v) is 7.40. The maximum Gasteiger partial charge on any atom is 0.191 e. The number of guanidine groups is 1. The third-order valence-electron chi connectivity index (χ3n) is 5.23. The number of nitrogens with zero attached hydrogens (tertiary/aromatic N) is 2. The molecule has 1 atom stereocenters. The molecule has 0 spiro atoms. The summed E-state index contributed by atoms with van der Waals surface area (Å²) < 4.78 is 11.8. The zero-order valence-electron chi connectivity index (χ0n) is 17.7. The van der Waals surface area contributed by atoms with E-state index in [4.69, 9.17) is 9.47 Å². The summed E-state index contributed by atoms with van der Waals surface area (Å²) >= 11 is 0. The van der Waals surface area contributed by atoms with Gasteiger partial charge >= 0.3 is 0 Å². The minimum atomic E-state index is 0.210. The van der Waals surface area contributed by atoms with Gasteiger partial charge in [-0.15, -0.1) is 0 Å². The van der Waals surface area contributed by atoms with Gasteiger partial charge in [-0.05, 0) is 43.7 Å². The van der Waals surface area contributed by atoms with Crippen LogP contribution < -0.4 is 20.1 Å². The van der Waals surface area contributed by atoms with Gasteiger partial charge in [-0.25, -0.2) is 0 Å². The molecule has 0 aliphatic carbocycles. The summed E-state index contributed by atoms with van der Waals surface area (Å²) in [6.07, 6.45) is 2.98. The van der Waals surface area contributed by atoms with Gasteiger partial charge in [0.1, 0.15) is 17.6 Å². The smallest absolute Gasteiger partial charge is 0.191 e. The third-order valence-corrected chi connectivity index (χ3v) is 5.23. The summed E-state index contributed by atoms with van der Waals surface area (Å²) in [4.78, 5) is 8.79. The molecule has 6 heteroatoms. The molecule has 0 radical (unpaired) electrons. The quantitative estimate of drug-likeness (QED) is 0.483. The van der Waals surface area contributed by atoms with E-state index in [0.29, 0.717) is 19.7 Å². The third kappa shape index (κ3) is 4.32. The van der Waals surface area contributed by atoms with E-state index in [1.807, 2.05) is 37.4 Å². The van der Waals surface area contributed by atoms with Crippen LogP contribution >= 0.6 is 0 Å². The van der Waals surface area contributed by atoms with Crippen molar-refractivity contribution in [3.8, 4) is 11.5 Å². The van der Waals surface area contributed by atoms with E-state index in [9.17, 15) is 0 Å². The van der Waals surface area contributed by atoms with E-state index in [0.717, 1.165) is 40.3 Å². The van der Waals surface area contributed by atoms with Crippen LogP contribution in [0.5, 0.6) is 11.5 Å². The summed E-state index contributed by atoms with van der Waals surface area (Å²) in [6.45, 7) is 5.98. The van der Waals surface area contributed by atoms with E-state index < -0.39 is 0 Å². The number of hydrogen-bond donors (Lipinski definition) is 2. The Morgan fingerprint density at radius 3 is 2.77 bits per heavy atom. The Hall–Kier alpha value is -3.28. The SMILES string of the molecule is CCOc1cc2c(cc1CNC(=NC)NCc1ccnc3ccccc13)OC(C)C2. The zero-order chi connectivity index (χ0) is 20.9. The number of para-hydroxylation sites is 1. The summed E-state index contributed by atoms with van der Waals surface area (Å²) in [5, 5.41) is 7.94. The molecule has 0 fully saturated rings. The average Bonchev–Trinajstić information content (AvgIpc) is 3.12. The van der Waals surface area contributed by atoms with Gasteiger partial charge in [0.25, 0.3) is 0 Å². The average molecular weight is 405 g/mol. The first kappa shape index (κ1) is 20.0. The monoisotopic (exact) mass is 404 g/mol. The molecule has 6 nitrogen and oxygen atoms in total. The number of aliphatic imine (C=N–C) groups is 1. The van der Waals surface area contributed by atoms with E-state index in [-0.39, 0.29) is 6.10 Å². The summed E-state index contributed by atoms with van der Waals surface area (Å²) in [5.41, 5.74) is 4.44. The molecule has 156 valence electrons. The van der Waals surface area contributed by atoms with Crippen molar-refractivity contribution in [2.75, 3.05) is 13.7 Å². The standard InChI is InChI=1S/C24H28N4O2/c1-4-29-22-12-18-11-16(2)30-23(18)13-19(22)15-28-24(25-3)27-14-17-9-10-26-21-8-6-5-7-20(17)21/h5-10,12-13,16H,4,11,14-15H2,1-3H3,(H2,25,27,28). The lowest BCUT2D eigenvalue weighted by Crippen LogP contribution is -2.36. The lowest BCUT2D eigenvalue weighted by molar-refractivity contribution is 0.254. The molecule has 2 N–H and O–H groups in total. The van der Waals surface area contributed by atoms with Crippen LogP contribution in [0.15, 0.2) is 53.7 Å². The Morgan fingerprint density at radius 1 is 1.17 bits per heavy atom. The summed E-state index contributed by atoms with van der Waals surface area (Å²) in [5.74, 6) is 2.58. The summed E-state index contributed by atoms with van der Waals surface area (Å²) in [7, 11) is 1.77. The summed E-state index contributed by atoms with van der Waals surface area (Å²) in [6, 6.07) is 14.4. The van der Waals surface area contributed by atoms with Gasteiger partial charge in [0, 0.05) is 49.3 Å². The van der Waals surface area contributed by atoms with Gasteiger partial charge in [-0.3, -0.25) is 9.98 Å². The van der Waals surface area contributed by atoms with Crippen molar-refractivity contribution in [2.45, 2.75) is 39.5 Å². The minimum absolute atomic E-state index is 0.210. The normalized spacial score (nSPS) is 15.6. The van der Waals surface area contributed by atoms with Crippen molar-refractivity contribution in [1.82, 2.24) is 15.6 Å². The maximum atomic E-state index is 5.92. The topological polar surface area (TPSA) is 67.8 Å². The van der Waals surface area contributed by atoms with Crippen LogP contribution in [0, 0.1) is 0 Å². The van der Waals surface area contributed by atoms with Crippen molar-refractivity contribution >= 4 is 16.9 Å². The molecule has 30 heavy (non-hydrogen) atoms. The van der Waals surface area contributed by atoms with Gasteiger partial charge in [0.2, 0.25) is 0 Å². The highest BCUT2D eigenvalue weighted by molar-refractivity contribution is 5.83. The molecule has 1 aliphatic heterocycles. The molecule has 1 aromatic heterocycles. The number of hydrogen-bond acceptors (Lipinski definition) is 4. The van der Waals surface area contributed by atoms with Crippen LogP contribution in [0.2, 0.25) is 0 Å². The highest BCUT2D eigenvalue weighted by Gasteiger charge is 2.22. The van der Waals surface area contributed by atoms with Crippen LogP contribution in [-0.2, 0) is 19.5 Å². The molecule has 0 amide bonds. The Kier molecular flexibility index (Phi) is 6.02. The highest BCUT2D eigenvalue weighted by Crippen LogP contribution is 2.35. The van der Waals surface area contributed by atoms with Crippen LogP contribution in [0.25, 0.3) is 10.9 Å². The lowest BCUT2D eigenvalue weighted by Gasteiger charge is -2.16. The van der Waals surface area contributed by atoms with Crippen LogP contribution in [-0.4, -0.2) is 30.7 Å². The van der Waals surface area contributed by atoms with Crippen molar-refractivity contribution in [3.05, 3.63) is 65.4 Å².